The first-order valence-electron chi connectivity index (χ1n) is 6.84. The van der Waals surface area contributed by atoms with Gasteiger partial charge in [-0.15, -0.1) is 0 Å². The van der Waals surface area contributed by atoms with Crippen LogP contribution in [0.25, 0.3) is 0 Å². The van der Waals surface area contributed by atoms with E-state index in [9.17, 15) is 4.79 Å². The highest BCUT2D eigenvalue weighted by molar-refractivity contribution is 6.09. The molecule has 3 N–H and O–H groups in total. The van der Waals surface area contributed by atoms with Crippen molar-refractivity contribution in [1.29, 1.82) is 0 Å². The van der Waals surface area contributed by atoms with E-state index in [0.29, 0.717) is 12.8 Å². The Labute approximate surface area is 114 Å². The third-order valence-corrected chi connectivity index (χ3v) is 4.27. The van der Waals surface area contributed by atoms with Gasteiger partial charge in [0.2, 0.25) is 5.91 Å². The SMILES string of the molecule is CC(C)(C)N1CCN(C(=O)C2(C(N)=NO)CC2)CC1. The zero-order valence-electron chi connectivity index (χ0n) is 12.0. The molecule has 2 fully saturated rings. The number of piperazine rings is 1. The molecule has 1 aliphatic carbocycles. The molecule has 0 unspecified atom stereocenters. The Kier molecular flexibility index (Phi) is 3.47. The minimum Gasteiger partial charge on any atom is -0.409 e. The van der Waals surface area contributed by atoms with E-state index in [0.717, 1.165) is 26.2 Å². The Morgan fingerprint density at radius 2 is 1.74 bits per heavy atom. The van der Waals surface area contributed by atoms with Crippen LogP contribution < -0.4 is 5.73 Å². The molecule has 0 radical (unpaired) electrons. The summed E-state index contributed by atoms with van der Waals surface area (Å²) in [5.74, 6) is 0.0899. The molecule has 2 aliphatic rings. The maximum atomic E-state index is 12.5. The first kappa shape index (κ1) is 14.1. The van der Waals surface area contributed by atoms with Crippen LogP contribution in [0, 0.1) is 5.41 Å². The zero-order valence-corrected chi connectivity index (χ0v) is 12.0. The third kappa shape index (κ3) is 2.54. The monoisotopic (exact) mass is 268 g/mol. The van der Waals surface area contributed by atoms with Crippen LogP contribution in [0.3, 0.4) is 0 Å². The predicted octanol–water partition coefficient (Wildman–Crippen LogP) is 0.456. The summed E-state index contributed by atoms with van der Waals surface area (Å²) in [6.45, 7) is 9.74. The molecular formula is C13H24N4O2. The van der Waals surface area contributed by atoms with Crippen molar-refractivity contribution in [3.63, 3.8) is 0 Å². The lowest BCUT2D eigenvalue weighted by atomic mass is 10.0. The van der Waals surface area contributed by atoms with Crippen molar-refractivity contribution < 1.29 is 10.0 Å². The topological polar surface area (TPSA) is 82.2 Å². The summed E-state index contributed by atoms with van der Waals surface area (Å²) >= 11 is 0. The maximum Gasteiger partial charge on any atom is 0.236 e. The second kappa shape index (κ2) is 4.67. The second-order valence-electron chi connectivity index (χ2n) is 6.52. The fraction of sp³-hybridized carbons (Fsp3) is 0.846. The molecule has 1 saturated carbocycles. The van der Waals surface area contributed by atoms with E-state index in [4.69, 9.17) is 10.9 Å². The summed E-state index contributed by atoms with van der Waals surface area (Å²) in [4.78, 5) is 16.7. The van der Waals surface area contributed by atoms with Crippen molar-refractivity contribution >= 4 is 11.7 Å². The molecule has 0 atom stereocenters. The maximum absolute atomic E-state index is 12.5. The summed E-state index contributed by atoms with van der Waals surface area (Å²) in [5, 5.41) is 11.8. The van der Waals surface area contributed by atoms with Crippen LogP contribution >= 0.6 is 0 Å². The molecule has 0 bridgehead atoms. The lowest BCUT2D eigenvalue weighted by Gasteiger charge is -2.43. The number of oxime groups is 1. The number of hydrogen-bond acceptors (Lipinski definition) is 4. The van der Waals surface area contributed by atoms with Gasteiger partial charge in [0.05, 0.1) is 0 Å². The molecule has 1 aliphatic heterocycles. The van der Waals surface area contributed by atoms with Crippen molar-refractivity contribution in [2.24, 2.45) is 16.3 Å². The smallest absolute Gasteiger partial charge is 0.236 e. The van der Waals surface area contributed by atoms with Crippen molar-refractivity contribution in [3.8, 4) is 0 Å². The highest BCUT2D eigenvalue weighted by Gasteiger charge is 2.56. The molecule has 0 aromatic rings. The van der Waals surface area contributed by atoms with Gasteiger partial charge in [-0.25, -0.2) is 0 Å². The third-order valence-electron chi connectivity index (χ3n) is 4.27. The van der Waals surface area contributed by atoms with Crippen LogP contribution in [-0.4, -0.2) is 58.5 Å². The van der Waals surface area contributed by atoms with Crippen molar-refractivity contribution in [3.05, 3.63) is 0 Å². The standard InChI is InChI=1S/C13H24N4O2/c1-12(2,3)17-8-6-16(7-9-17)11(18)13(4-5-13)10(14)15-19/h19H,4-9H2,1-3H3,(H2,14,15). The molecule has 0 aromatic heterocycles. The fourth-order valence-electron chi connectivity index (χ4n) is 2.68. The summed E-state index contributed by atoms with van der Waals surface area (Å²) < 4.78 is 0. The molecule has 1 heterocycles. The van der Waals surface area contributed by atoms with Crippen molar-refractivity contribution in [2.75, 3.05) is 26.2 Å². The summed E-state index contributed by atoms with van der Waals surface area (Å²) in [6.07, 6.45) is 1.39. The second-order valence-corrected chi connectivity index (χ2v) is 6.52. The lowest BCUT2D eigenvalue weighted by Crippen LogP contribution is -2.56. The van der Waals surface area contributed by atoms with Gasteiger partial charge in [-0.05, 0) is 33.6 Å². The average Bonchev–Trinajstić information content (AvgIpc) is 3.17. The highest BCUT2D eigenvalue weighted by Crippen LogP contribution is 2.47. The number of amides is 1. The molecule has 6 heteroatoms. The van der Waals surface area contributed by atoms with E-state index in [-0.39, 0.29) is 17.3 Å². The van der Waals surface area contributed by atoms with Gasteiger partial charge >= 0.3 is 0 Å². The van der Waals surface area contributed by atoms with E-state index >= 15 is 0 Å². The largest absolute Gasteiger partial charge is 0.409 e. The van der Waals surface area contributed by atoms with Crippen LogP contribution in [0.15, 0.2) is 5.16 Å². The van der Waals surface area contributed by atoms with Gasteiger partial charge in [0.1, 0.15) is 5.41 Å². The normalized spacial score (nSPS) is 24.4. The number of nitrogens with zero attached hydrogens (tertiary/aromatic N) is 3. The number of rotatable bonds is 2. The molecule has 19 heavy (non-hydrogen) atoms. The highest BCUT2D eigenvalue weighted by atomic mass is 16.4. The van der Waals surface area contributed by atoms with Gasteiger partial charge in [-0.1, -0.05) is 5.16 Å². The Hall–Kier alpha value is -1.30. The fourth-order valence-corrected chi connectivity index (χ4v) is 2.68. The zero-order chi connectivity index (χ0) is 14.3. The van der Waals surface area contributed by atoms with Gasteiger partial charge in [-0.3, -0.25) is 9.69 Å². The van der Waals surface area contributed by atoms with E-state index in [2.05, 4.69) is 30.8 Å². The Morgan fingerprint density at radius 1 is 1.21 bits per heavy atom. The summed E-state index contributed by atoms with van der Waals surface area (Å²) in [5.41, 5.74) is 5.09. The van der Waals surface area contributed by atoms with Gasteiger partial charge in [0.15, 0.2) is 5.84 Å². The summed E-state index contributed by atoms with van der Waals surface area (Å²) in [6, 6.07) is 0. The number of nitrogens with two attached hydrogens (primary N) is 1. The van der Waals surface area contributed by atoms with Gasteiger partial charge < -0.3 is 15.8 Å². The Morgan fingerprint density at radius 3 is 2.11 bits per heavy atom. The molecule has 108 valence electrons. The van der Waals surface area contributed by atoms with Gasteiger partial charge in [-0.2, -0.15) is 0 Å². The van der Waals surface area contributed by atoms with Crippen LogP contribution in [0.2, 0.25) is 0 Å². The first-order valence-corrected chi connectivity index (χ1v) is 6.84. The molecule has 1 amide bonds. The van der Waals surface area contributed by atoms with E-state index in [1.807, 2.05) is 4.90 Å². The Balaban J connectivity index is 1.97. The van der Waals surface area contributed by atoms with Crippen LogP contribution in [0.5, 0.6) is 0 Å². The molecule has 6 nitrogen and oxygen atoms in total. The number of carbonyl (C=O) groups is 1. The van der Waals surface area contributed by atoms with Gasteiger partial charge in [0, 0.05) is 31.7 Å². The van der Waals surface area contributed by atoms with Crippen LogP contribution in [-0.2, 0) is 4.79 Å². The molecule has 0 aromatic carbocycles. The number of hydrogen-bond donors (Lipinski definition) is 2. The number of amidine groups is 1. The minimum atomic E-state index is -0.710. The number of carbonyl (C=O) groups excluding carboxylic acids is 1. The minimum absolute atomic E-state index is 0.0244. The van der Waals surface area contributed by atoms with E-state index < -0.39 is 5.41 Å². The lowest BCUT2D eigenvalue weighted by molar-refractivity contribution is -0.137. The van der Waals surface area contributed by atoms with E-state index in [1.54, 1.807) is 0 Å². The average molecular weight is 268 g/mol. The van der Waals surface area contributed by atoms with Crippen molar-refractivity contribution in [2.45, 2.75) is 39.2 Å². The van der Waals surface area contributed by atoms with Crippen LogP contribution in [0.1, 0.15) is 33.6 Å². The molecular weight excluding hydrogens is 244 g/mol. The first-order chi connectivity index (χ1) is 8.81. The molecule has 0 spiro atoms. The summed E-state index contributed by atoms with van der Waals surface area (Å²) in [7, 11) is 0. The van der Waals surface area contributed by atoms with E-state index in [1.165, 1.54) is 0 Å². The van der Waals surface area contributed by atoms with Crippen molar-refractivity contribution in [1.82, 2.24) is 9.80 Å². The van der Waals surface area contributed by atoms with Gasteiger partial charge in [0.25, 0.3) is 0 Å². The Bertz CT molecular complexity index is 388. The quantitative estimate of drug-likeness (QED) is 0.330. The molecule has 1 saturated heterocycles. The predicted molar refractivity (Wildman–Crippen MR) is 73.0 cm³/mol. The van der Waals surface area contributed by atoms with Crippen LogP contribution in [0.4, 0.5) is 0 Å². The molecule has 2 rings (SSSR count).